The van der Waals surface area contributed by atoms with E-state index in [1.54, 1.807) is 0 Å². The second-order valence-electron chi connectivity index (χ2n) is 4.32. The van der Waals surface area contributed by atoms with Gasteiger partial charge in [0.25, 0.3) is 0 Å². The maximum absolute atomic E-state index is 4.42. The Kier molecular flexibility index (Phi) is 4.70. The van der Waals surface area contributed by atoms with Gasteiger partial charge >= 0.3 is 0 Å². The summed E-state index contributed by atoms with van der Waals surface area (Å²) in [6.07, 6.45) is 7.96. The van der Waals surface area contributed by atoms with Crippen LogP contribution in [0, 0.1) is 0 Å². The topological polar surface area (TPSA) is 30.2 Å². The standard InChI is InChI=1S/C15H19N3/c1-2-3-9-16-10-15-11-17-13-18(15)12-14-7-5-4-6-8-14/h4-8,10-11,13H,2-3,9,12H2,1H3. The van der Waals surface area contributed by atoms with Gasteiger partial charge in [-0.25, -0.2) is 4.98 Å². The summed E-state index contributed by atoms with van der Waals surface area (Å²) in [5.74, 6) is 0. The molecule has 0 amide bonds. The zero-order valence-corrected chi connectivity index (χ0v) is 10.8. The number of aliphatic imine (C=N–C) groups is 1. The van der Waals surface area contributed by atoms with E-state index in [1.807, 2.05) is 24.8 Å². The molecule has 3 nitrogen and oxygen atoms in total. The van der Waals surface area contributed by atoms with Gasteiger partial charge in [0.05, 0.1) is 18.2 Å². The minimum absolute atomic E-state index is 0.843. The summed E-state index contributed by atoms with van der Waals surface area (Å²) >= 11 is 0. The van der Waals surface area contributed by atoms with Crippen LogP contribution in [0.2, 0.25) is 0 Å². The Morgan fingerprint density at radius 1 is 1.28 bits per heavy atom. The molecule has 0 fully saturated rings. The first-order chi connectivity index (χ1) is 8.90. The van der Waals surface area contributed by atoms with E-state index in [1.165, 1.54) is 12.0 Å². The van der Waals surface area contributed by atoms with Gasteiger partial charge in [0.15, 0.2) is 0 Å². The predicted molar refractivity (Wildman–Crippen MR) is 75.1 cm³/mol. The van der Waals surface area contributed by atoms with Gasteiger partial charge in [-0.1, -0.05) is 43.7 Å². The number of hydrogen-bond donors (Lipinski definition) is 0. The van der Waals surface area contributed by atoms with Crippen molar-refractivity contribution in [3.05, 3.63) is 54.1 Å². The smallest absolute Gasteiger partial charge is 0.0954 e. The molecule has 0 bridgehead atoms. The molecule has 0 aliphatic heterocycles. The number of benzene rings is 1. The maximum Gasteiger partial charge on any atom is 0.0954 e. The lowest BCUT2D eigenvalue weighted by molar-refractivity contribution is 0.786. The van der Waals surface area contributed by atoms with Gasteiger partial charge in [0.1, 0.15) is 0 Å². The third-order valence-corrected chi connectivity index (χ3v) is 2.80. The second-order valence-corrected chi connectivity index (χ2v) is 4.32. The zero-order chi connectivity index (χ0) is 12.6. The van der Waals surface area contributed by atoms with Crippen LogP contribution in [-0.4, -0.2) is 22.3 Å². The van der Waals surface area contributed by atoms with Crippen molar-refractivity contribution >= 4 is 6.21 Å². The number of nitrogens with zero attached hydrogens (tertiary/aromatic N) is 3. The molecule has 0 saturated heterocycles. The molecule has 2 aromatic rings. The molecule has 0 aliphatic rings. The molecular weight excluding hydrogens is 222 g/mol. The summed E-state index contributed by atoms with van der Waals surface area (Å²) in [5.41, 5.74) is 2.34. The fraction of sp³-hybridized carbons (Fsp3) is 0.333. The highest BCUT2D eigenvalue weighted by Crippen LogP contribution is 2.04. The van der Waals surface area contributed by atoms with Crippen LogP contribution < -0.4 is 0 Å². The minimum Gasteiger partial charge on any atom is -0.325 e. The molecule has 1 heterocycles. The van der Waals surface area contributed by atoms with Crippen LogP contribution in [0.15, 0.2) is 47.8 Å². The highest BCUT2D eigenvalue weighted by molar-refractivity contribution is 5.76. The van der Waals surface area contributed by atoms with E-state index in [-0.39, 0.29) is 0 Å². The average molecular weight is 241 g/mol. The Bertz CT molecular complexity index is 485. The first-order valence-corrected chi connectivity index (χ1v) is 6.44. The van der Waals surface area contributed by atoms with Crippen LogP contribution in [0.4, 0.5) is 0 Å². The largest absolute Gasteiger partial charge is 0.325 e. The van der Waals surface area contributed by atoms with Crippen molar-refractivity contribution in [2.45, 2.75) is 26.3 Å². The van der Waals surface area contributed by atoms with Gasteiger partial charge in [0, 0.05) is 19.3 Å². The van der Waals surface area contributed by atoms with Crippen LogP contribution in [0.25, 0.3) is 0 Å². The zero-order valence-electron chi connectivity index (χ0n) is 10.8. The van der Waals surface area contributed by atoms with E-state index < -0.39 is 0 Å². The highest BCUT2D eigenvalue weighted by Gasteiger charge is 1.99. The first-order valence-electron chi connectivity index (χ1n) is 6.44. The Morgan fingerprint density at radius 2 is 2.11 bits per heavy atom. The summed E-state index contributed by atoms with van der Waals surface area (Å²) in [6, 6.07) is 10.4. The molecule has 0 radical (unpaired) electrons. The molecule has 0 atom stereocenters. The van der Waals surface area contributed by atoms with E-state index in [9.17, 15) is 0 Å². The number of imidazole rings is 1. The van der Waals surface area contributed by atoms with Crippen LogP contribution >= 0.6 is 0 Å². The van der Waals surface area contributed by atoms with Crippen LogP contribution in [0.3, 0.4) is 0 Å². The minimum atomic E-state index is 0.843. The maximum atomic E-state index is 4.42. The molecule has 1 aromatic carbocycles. The lowest BCUT2D eigenvalue weighted by Crippen LogP contribution is -2.02. The van der Waals surface area contributed by atoms with Crippen molar-refractivity contribution in [1.29, 1.82) is 0 Å². The molecule has 1 aromatic heterocycles. The van der Waals surface area contributed by atoms with Crippen molar-refractivity contribution in [3.63, 3.8) is 0 Å². The monoisotopic (exact) mass is 241 g/mol. The van der Waals surface area contributed by atoms with E-state index in [2.05, 4.69) is 45.7 Å². The fourth-order valence-electron chi connectivity index (χ4n) is 1.76. The van der Waals surface area contributed by atoms with Crippen molar-refractivity contribution in [1.82, 2.24) is 9.55 Å². The lowest BCUT2D eigenvalue weighted by atomic mass is 10.2. The van der Waals surface area contributed by atoms with Gasteiger partial charge in [-0.3, -0.25) is 4.99 Å². The molecule has 0 spiro atoms. The summed E-state index contributed by atoms with van der Waals surface area (Å²) < 4.78 is 2.12. The molecule has 2 rings (SSSR count). The van der Waals surface area contributed by atoms with Gasteiger partial charge in [0.2, 0.25) is 0 Å². The number of rotatable bonds is 6. The molecule has 0 N–H and O–H groups in total. The Hall–Kier alpha value is -1.90. The fourth-order valence-corrected chi connectivity index (χ4v) is 1.76. The molecular formula is C15H19N3. The molecule has 3 heteroatoms. The third-order valence-electron chi connectivity index (χ3n) is 2.80. The van der Waals surface area contributed by atoms with Gasteiger partial charge in [-0.15, -0.1) is 0 Å². The van der Waals surface area contributed by atoms with Crippen LogP contribution in [0.5, 0.6) is 0 Å². The van der Waals surface area contributed by atoms with Crippen molar-refractivity contribution in [2.24, 2.45) is 4.99 Å². The second kappa shape index (κ2) is 6.74. The third kappa shape index (κ3) is 3.55. The number of hydrogen-bond acceptors (Lipinski definition) is 2. The summed E-state index contributed by atoms with van der Waals surface area (Å²) in [7, 11) is 0. The molecule has 0 unspecified atom stereocenters. The van der Waals surface area contributed by atoms with Crippen LogP contribution in [-0.2, 0) is 6.54 Å². The molecule has 0 saturated carbocycles. The Balaban J connectivity index is 2.02. The summed E-state index contributed by atoms with van der Waals surface area (Å²) in [4.78, 5) is 8.61. The van der Waals surface area contributed by atoms with E-state index >= 15 is 0 Å². The first kappa shape index (κ1) is 12.6. The van der Waals surface area contributed by atoms with E-state index in [4.69, 9.17) is 0 Å². The molecule has 94 valence electrons. The van der Waals surface area contributed by atoms with E-state index in [0.717, 1.165) is 25.2 Å². The number of unbranched alkanes of at least 4 members (excludes halogenated alkanes) is 1. The van der Waals surface area contributed by atoms with Gasteiger partial charge in [-0.2, -0.15) is 0 Å². The summed E-state index contributed by atoms with van der Waals surface area (Å²) in [5, 5.41) is 0. The highest BCUT2D eigenvalue weighted by atomic mass is 15.0. The van der Waals surface area contributed by atoms with Crippen molar-refractivity contribution in [3.8, 4) is 0 Å². The predicted octanol–water partition coefficient (Wildman–Crippen LogP) is 3.15. The number of aromatic nitrogens is 2. The van der Waals surface area contributed by atoms with Gasteiger partial charge in [-0.05, 0) is 12.0 Å². The Labute approximate surface area is 108 Å². The average Bonchev–Trinajstić information content (AvgIpc) is 2.83. The van der Waals surface area contributed by atoms with E-state index in [0.29, 0.717) is 0 Å². The van der Waals surface area contributed by atoms with Crippen LogP contribution in [0.1, 0.15) is 31.0 Å². The SMILES string of the molecule is CCCCN=Cc1cncn1Cc1ccccc1. The Morgan fingerprint density at radius 3 is 2.89 bits per heavy atom. The lowest BCUT2D eigenvalue weighted by Gasteiger charge is -2.04. The molecule has 0 aliphatic carbocycles. The normalized spacial score (nSPS) is 11.2. The van der Waals surface area contributed by atoms with Crippen molar-refractivity contribution in [2.75, 3.05) is 6.54 Å². The summed E-state index contributed by atoms with van der Waals surface area (Å²) in [6.45, 7) is 3.91. The van der Waals surface area contributed by atoms with Gasteiger partial charge < -0.3 is 4.57 Å². The van der Waals surface area contributed by atoms with Crippen molar-refractivity contribution < 1.29 is 0 Å². The quantitative estimate of drug-likeness (QED) is 0.564. The molecule has 18 heavy (non-hydrogen) atoms.